The number of halogens is 2. The van der Waals surface area contributed by atoms with E-state index in [4.69, 9.17) is 4.99 Å². The number of benzene rings is 1. The van der Waals surface area contributed by atoms with Gasteiger partial charge in [0.05, 0.1) is 5.70 Å². The van der Waals surface area contributed by atoms with E-state index in [2.05, 4.69) is 24.9 Å². The second-order valence-electron chi connectivity index (χ2n) is 8.47. The fourth-order valence-electron chi connectivity index (χ4n) is 4.92. The SMILES string of the molecule is CCC1=C(C)/C(=C(\c2ccc(C(=O)NCCS)cc2)c2c(C)c(CC)c(C)n2B(F)F)N=C1C. The van der Waals surface area contributed by atoms with Crippen LogP contribution in [-0.4, -0.2) is 35.8 Å². The average Bonchev–Trinajstić information content (AvgIpc) is 3.23. The summed E-state index contributed by atoms with van der Waals surface area (Å²) in [6.45, 7) is 12.2. The van der Waals surface area contributed by atoms with Gasteiger partial charge in [0.15, 0.2) is 0 Å². The zero-order chi connectivity index (χ0) is 25.2. The van der Waals surface area contributed by atoms with E-state index >= 15 is 0 Å². The summed E-state index contributed by atoms with van der Waals surface area (Å²) in [5.41, 5.74) is 8.51. The number of aliphatic imine (C=N–C) groups is 1. The highest BCUT2D eigenvalue weighted by atomic mass is 32.1. The molecule has 3 rings (SSSR count). The van der Waals surface area contributed by atoms with Crippen molar-refractivity contribution in [1.29, 1.82) is 0 Å². The van der Waals surface area contributed by atoms with E-state index in [1.807, 2.05) is 39.8 Å². The topological polar surface area (TPSA) is 46.4 Å². The van der Waals surface area contributed by atoms with Gasteiger partial charge in [0.25, 0.3) is 5.91 Å². The van der Waals surface area contributed by atoms with Gasteiger partial charge in [-0.1, -0.05) is 26.0 Å². The van der Waals surface area contributed by atoms with Gasteiger partial charge in [-0.05, 0) is 80.5 Å². The number of thiol groups is 1. The molecule has 1 aliphatic heterocycles. The number of carbonyl (C=O) groups excluding carboxylic acids is 1. The molecule has 0 saturated carbocycles. The van der Waals surface area contributed by atoms with Gasteiger partial charge in [-0.25, -0.2) is 0 Å². The van der Waals surface area contributed by atoms with Crippen molar-refractivity contribution in [2.45, 2.75) is 54.4 Å². The van der Waals surface area contributed by atoms with Gasteiger partial charge in [0.1, 0.15) is 0 Å². The minimum Gasteiger partial charge on any atom is -0.351 e. The van der Waals surface area contributed by atoms with Gasteiger partial charge in [-0.15, -0.1) is 0 Å². The molecule has 2 aromatic rings. The number of allylic oxidation sites excluding steroid dienone is 2. The Bertz CT molecular complexity index is 1190. The number of hydrogen-bond acceptors (Lipinski definition) is 3. The Morgan fingerprint density at radius 3 is 2.18 bits per heavy atom. The largest absolute Gasteiger partial charge is 0.677 e. The maximum Gasteiger partial charge on any atom is 0.677 e. The Labute approximate surface area is 206 Å². The summed E-state index contributed by atoms with van der Waals surface area (Å²) < 4.78 is 30.0. The lowest BCUT2D eigenvalue weighted by atomic mass is 9.92. The van der Waals surface area contributed by atoms with E-state index in [0.29, 0.717) is 46.9 Å². The van der Waals surface area contributed by atoms with E-state index in [1.165, 1.54) is 0 Å². The van der Waals surface area contributed by atoms with Crippen LogP contribution in [-0.2, 0) is 6.42 Å². The minimum atomic E-state index is -2.68. The Morgan fingerprint density at radius 2 is 1.68 bits per heavy atom. The van der Waals surface area contributed by atoms with Crippen LogP contribution in [0.4, 0.5) is 8.63 Å². The molecule has 2 heterocycles. The van der Waals surface area contributed by atoms with Crippen molar-refractivity contribution in [3.05, 3.63) is 74.8 Å². The summed E-state index contributed by atoms with van der Waals surface area (Å²) in [6.07, 6.45) is 1.48. The number of rotatable bonds is 8. The van der Waals surface area contributed by atoms with Gasteiger partial charge in [-0.2, -0.15) is 12.6 Å². The summed E-state index contributed by atoms with van der Waals surface area (Å²) in [6, 6.07) is 7.10. The maximum atomic E-state index is 14.4. The van der Waals surface area contributed by atoms with E-state index in [-0.39, 0.29) is 5.91 Å². The van der Waals surface area contributed by atoms with Crippen molar-refractivity contribution in [3.8, 4) is 0 Å². The summed E-state index contributed by atoms with van der Waals surface area (Å²) in [5.74, 6) is 0.358. The molecule has 1 N–H and O–H groups in total. The molecule has 4 nitrogen and oxygen atoms in total. The fourth-order valence-corrected chi connectivity index (χ4v) is 5.04. The van der Waals surface area contributed by atoms with Crippen molar-refractivity contribution < 1.29 is 13.4 Å². The molecule has 0 bridgehead atoms. The Balaban J connectivity index is 2.32. The third-order valence-corrected chi connectivity index (χ3v) is 6.80. The smallest absolute Gasteiger partial charge is 0.351 e. The second-order valence-corrected chi connectivity index (χ2v) is 8.92. The molecule has 1 aromatic carbocycles. The van der Waals surface area contributed by atoms with Crippen molar-refractivity contribution >= 4 is 37.2 Å². The molecule has 0 aliphatic carbocycles. The zero-order valence-electron chi connectivity index (χ0n) is 20.7. The van der Waals surface area contributed by atoms with E-state index in [9.17, 15) is 13.4 Å². The van der Waals surface area contributed by atoms with Gasteiger partial charge in [0, 0.05) is 40.5 Å². The molecule has 1 aliphatic rings. The Hall–Kier alpha value is -2.61. The van der Waals surface area contributed by atoms with Crippen LogP contribution in [0.25, 0.3) is 5.57 Å². The summed E-state index contributed by atoms with van der Waals surface area (Å²) >= 11 is 4.12. The third kappa shape index (κ3) is 4.65. The van der Waals surface area contributed by atoms with Crippen LogP contribution in [0.15, 0.2) is 46.1 Å². The lowest BCUT2D eigenvalue weighted by Crippen LogP contribution is -2.25. The minimum absolute atomic E-state index is 0.190. The molecule has 8 heteroatoms. The molecule has 0 atom stereocenters. The lowest BCUT2D eigenvalue weighted by molar-refractivity contribution is 0.0956. The molecule has 34 heavy (non-hydrogen) atoms. The van der Waals surface area contributed by atoms with Crippen molar-refractivity contribution in [2.24, 2.45) is 4.99 Å². The summed E-state index contributed by atoms with van der Waals surface area (Å²) in [4.78, 5) is 17.2. The molecule has 1 aromatic heterocycles. The normalized spacial score (nSPS) is 15.0. The van der Waals surface area contributed by atoms with E-state index in [0.717, 1.165) is 44.4 Å². The van der Waals surface area contributed by atoms with Crippen molar-refractivity contribution in [1.82, 2.24) is 9.79 Å². The standard InChI is InChI=1S/C26H32BF2N3OS/c1-7-21-15(3)24(31-17(21)5)23(19-9-11-20(12-10-19)26(33)30-13-14-34)25-16(4)22(8-2)18(6)32(25)27(28)29/h9-12,34H,7-8,13-14H2,1-6H3,(H,30,33)/b24-23-. The number of carbonyl (C=O) groups is 1. The highest BCUT2D eigenvalue weighted by molar-refractivity contribution is 7.80. The molecule has 180 valence electrons. The van der Waals surface area contributed by atoms with E-state index in [1.54, 1.807) is 19.1 Å². The summed E-state index contributed by atoms with van der Waals surface area (Å²) in [5, 5.41) is 2.80. The molecule has 0 unspecified atom stereocenters. The fraction of sp³-hybridized carbons (Fsp3) is 0.385. The first-order valence-corrected chi connectivity index (χ1v) is 12.3. The highest BCUT2D eigenvalue weighted by Gasteiger charge is 2.32. The van der Waals surface area contributed by atoms with Gasteiger partial charge >= 0.3 is 7.40 Å². The van der Waals surface area contributed by atoms with Crippen LogP contribution < -0.4 is 5.32 Å². The number of nitrogens with one attached hydrogen (secondary N) is 1. The predicted octanol–water partition coefficient (Wildman–Crippen LogP) is 6.06. The first kappa shape index (κ1) is 26.0. The molecule has 0 radical (unpaired) electrons. The highest BCUT2D eigenvalue weighted by Crippen LogP contribution is 2.40. The second kappa shape index (κ2) is 10.8. The van der Waals surface area contributed by atoms with E-state index < -0.39 is 7.40 Å². The first-order chi connectivity index (χ1) is 16.2. The Kier molecular flexibility index (Phi) is 8.23. The predicted molar refractivity (Wildman–Crippen MR) is 141 cm³/mol. The van der Waals surface area contributed by atoms with Gasteiger partial charge in [0.2, 0.25) is 0 Å². The number of hydrogen-bond donors (Lipinski definition) is 2. The van der Waals surface area contributed by atoms with Crippen molar-refractivity contribution in [3.63, 3.8) is 0 Å². The average molecular weight is 483 g/mol. The monoisotopic (exact) mass is 483 g/mol. The van der Waals surface area contributed by atoms with Crippen LogP contribution in [0.3, 0.4) is 0 Å². The Morgan fingerprint density at radius 1 is 1.06 bits per heavy atom. The molecule has 0 saturated heterocycles. The molecule has 1 amide bonds. The zero-order valence-corrected chi connectivity index (χ0v) is 21.6. The number of amides is 1. The maximum absolute atomic E-state index is 14.4. The van der Waals surface area contributed by atoms with Crippen LogP contribution in [0.1, 0.15) is 72.6 Å². The van der Waals surface area contributed by atoms with Gasteiger partial charge in [-0.3, -0.25) is 18.4 Å². The molecule has 0 spiro atoms. The van der Waals surface area contributed by atoms with Crippen LogP contribution in [0, 0.1) is 13.8 Å². The van der Waals surface area contributed by atoms with Crippen LogP contribution >= 0.6 is 12.6 Å². The quantitative estimate of drug-likeness (QED) is 0.348. The molecular formula is C26H32BF2N3OS. The molecule has 0 fully saturated rings. The van der Waals surface area contributed by atoms with Crippen molar-refractivity contribution in [2.75, 3.05) is 12.3 Å². The first-order valence-electron chi connectivity index (χ1n) is 11.7. The van der Waals surface area contributed by atoms with Crippen LogP contribution in [0.2, 0.25) is 0 Å². The lowest BCUT2D eigenvalue weighted by Gasteiger charge is -2.17. The summed E-state index contributed by atoms with van der Waals surface area (Å²) in [7, 11) is -2.68. The molecular weight excluding hydrogens is 451 g/mol. The number of aromatic nitrogens is 1. The van der Waals surface area contributed by atoms with Crippen LogP contribution in [0.5, 0.6) is 0 Å². The third-order valence-electron chi connectivity index (χ3n) is 6.58. The number of nitrogens with zero attached hydrogens (tertiary/aromatic N) is 2. The van der Waals surface area contributed by atoms with Gasteiger partial charge < -0.3 is 9.79 Å².